The lowest BCUT2D eigenvalue weighted by Crippen LogP contribution is -2.20. The Labute approximate surface area is 114 Å². The van der Waals surface area contributed by atoms with E-state index in [0.29, 0.717) is 5.58 Å². The van der Waals surface area contributed by atoms with Gasteiger partial charge in [-0.05, 0) is 40.2 Å². The first-order valence-electron chi connectivity index (χ1n) is 5.06. The highest BCUT2D eigenvalue weighted by atomic mass is 79.9. The van der Waals surface area contributed by atoms with Gasteiger partial charge in [-0.2, -0.15) is 0 Å². The Morgan fingerprint density at radius 1 is 1.39 bits per heavy atom. The number of nitrogens with one attached hydrogen (secondary N) is 1. The summed E-state index contributed by atoms with van der Waals surface area (Å²) >= 11 is 5.01. The molecule has 2 aromatic heterocycles. The average Bonchev–Trinajstić information content (AvgIpc) is 2.69. The van der Waals surface area contributed by atoms with Crippen molar-refractivity contribution in [2.75, 3.05) is 0 Å². The number of hydrogen-bond acceptors (Lipinski definition) is 4. The summed E-state index contributed by atoms with van der Waals surface area (Å²) in [4.78, 5) is 11.2. The van der Waals surface area contributed by atoms with Crippen molar-refractivity contribution in [2.45, 2.75) is 0 Å². The van der Waals surface area contributed by atoms with Crippen LogP contribution in [0.1, 0.15) is 10.4 Å². The zero-order chi connectivity index (χ0) is 12.9. The minimum absolute atomic E-state index is 0.0937. The second-order valence-corrected chi connectivity index (χ2v) is 6.26. The number of carbonyl (C=O) groups is 1. The lowest BCUT2D eigenvalue weighted by molar-refractivity contribution is 0.0996. The molecule has 6 heteroatoms. The molecule has 0 bridgehead atoms. The van der Waals surface area contributed by atoms with E-state index in [1.165, 1.54) is 0 Å². The van der Waals surface area contributed by atoms with Crippen LogP contribution >= 0.6 is 27.3 Å². The Morgan fingerprint density at radius 2 is 2.17 bits per heavy atom. The summed E-state index contributed by atoms with van der Waals surface area (Å²) in [5.41, 5.74) is 5.69. The van der Waals surface area contributed by atoms with Crippen LogP contribution in [0.3, 0.4) is 0 Å². The summed E-state index contributed by atoms with van der Waals surface area (Å²) in [6.07, 6.45) is 0. The summed E-state index contributed by atoms with van der Waals surface area (Å²) in [5, 5.41) is 9.38. The second-order valence-electron chi connectivity index (χ2n) is 3.80. The second kappa shape index (κ2) is 3.93. The molecule has 3 rings (SSSR count). The third kappa shape index (κ3) is 1.65. The molecule has 90 valence electrons. The predicted molar refractivity (Wildman–Crippen MR) is 73.7 cm³/mol. The Balaban J connectivity index is 2.49. The number of hydrogen-bond donors (Lipinski definition) is 2. The van der Waals surface area contributed by atoms with E-state index in [1.807, 2.05) is 18.2 Å². The number of carbonyl (C=O) groups excluding carboxylic acids is 1. The first kappa shape index (κ1) is 11.4. The monoisotopic (exact) mass is 322 g/mol. The zero-order valence-electron chi connectivity index (χ0n) is 8.99. The van der Waals surface area contributed by atoms with Crippen molar-refractivity contribution in [1.29, 1.82) is 5.41 Å². The van der Waals surface area contributed by atoms with Crippen LogP contribution in [0.2, 0.25) is 0 Å². The molecule has 2 heterocycles. The van der Waals surface area contributed by atoms with Gasteiger partial charge in [0.1, 0.15) is 11.1 Å². The molecular formula is C12H7BrN2O2S. The number of thiophene rings is 1. The van der Waals surface area contributed by atoms with Crippen LogP contribution in [0.25, 0.3) is 21.1 Å². The van der Waals surface area contributed by atoms with Crippen molar-refractivity contribution in [3.63, 3.8) is 0 Å². The van der Waals surface area contributed by atoms with Gasteiger partial charge in [0.15, 0.2) is 0 Å². The van der Waals surface area contributed by atoms with Gasteiger partial charge < -0.3 is 10.2 Å². The van der Waals surface area contributed by atoms with Gasteiger partial charge >= 0.3 is 0 Å². The zero-order valence-corrected chi connectivity index (χ0v) is 11.4. The summed E-state index contributed by atoms with van der Waals surface area (Å²) in [5.74, 6) is -0.655. The number of nitrogens with two attached hydrogens (primary N) is 1. The van der Waals surface area contributed by atoms with Gasteiger partial charge in [0, 0.05) is 15.5 Å². The molecule has 0 saturated heterocycles. The van der Waals surface area contributed by atoms with Crippen LogP contribution in [0, 0.1) is 5.41 Å². The average molecular weight is 323 g/mol. The predicted octanol–water partition coefficient (Wildman–Crippen LogP) is 2.99. The Morgan fingerprint density at radius 3 is 2.89 bits per heavy atom. The van der Waals surface area contributed by atoms with Gasteiger partial charge in [0.25, 0.3) is 5.91 Å². The van der Waals surface area contributed by atoms with E-state index in [9.17, 15) is 4.79 Å². The summed E-state index contributed by atoms with van der Waals surface area (Å²) < 4.78 is 7.48. The number of benzene rings is 1. The third-order valence-corrected chi connectivity index (χ3v) is 4.27. The van der Waals surface area contributed by atoms with Crippen molar-refractivity contribution in [2.24, 2.45) is 5.73 Å². The Bertz CT molecular complexity index is 850. The molecule has 0 spiro atoms. The smallest absolute Gasteiger partial charge is 0.254 e. The SMILES string of the molecule is N=c1oc2c(ccc3sc(Br)cc32)cc1C(N)=O. The minimum Gasteiger partial charge on any atom is -0.437 e. The van der Waals surface area contributed by atoms with Crippen LogP contribution in [-0.4, -0.2) is 5.91 Å². The maximum Gasteiger partial charge on any atom is 0.254 e. The lowest BCUT2D eigenvalue weighted by atomic mass is 10.1. The van der Waals surface area contributed by atoms with E-state index in [2.05, 4.69) is 15.9 Å². The van der Waals surface area contributed by atoms with Gasteiger partial charge in [0.05, 0.1) is 3.79 Å². The maximum atomic E-state index is 11.2. The van der Waals surface area contributed by atoms with Crippen LogP contribution in [-0.2, 0) is 0 Å². The molecule has 18 heavy (non-hydrogen) atoms. The van der Waals surface area contributed by atoms with E-state index in [1.54, 1.807) is 17.4 Å². The molecule has 1 amide bonds. The highest BCUT2D eigenvalue weighted by Crippen LogP contribution is 2.34. The lowest BCUT2D eigenvalue weighted by Gasteiger charge is -2.01. The number of halogens is 1. The topological polar surface area (TPSA) is 80.1 Å². The largest absolute Gasteiger partial charge is 0.437 e. The molecule has 4 nitrogen and oxygen atoms in total. The van der Waals surface area contributed by atoms with Gasteiger partial charge in [-0.15, -0.1) is 11.3 Å². The molecule has 0 aliphatic heterocycles. The molecule has 1 aromatic carbocycles. The first-order chi connectivity index (χ1) is 8.56. The molecular weight excluding hydrogens is 316 g/mol. The number of rotatable bonds is 1. The van der Waals surface area contributed by atoms with Crippen molar-refractivity contribution in [3.8, 4) is 0 Å². The quantitative estimate of drug-likeness (QED) is 0.722. The van der Waals surface area contributed by atoms with E-state index >= 15 is 0 Å². The molecule has 0 radical (unpaired) electrons. The van der Waals surface area contributed by atoms with E-state index < -0.39 is 5.91 Å². The highest BCUT2D eigenvalue weighted by Gasteiger charge is 2.11. The molecule has 0 atom stereocenters. The molecule has 0 aliphatic carbocycles. The summed E-state index contributed by atoms with van der Waals surface area (Å²) in [7, 11) is 0. The molecule has 0 saturated carbocycles. The molecule has 3 aromatic rings. The van der Waals surface area contributed by atoms with E-state index in [4.69, 9.17) is 15.6 Å². The minimum atomic E-state index is -0.655. The fourth-order valence-electron chi connectivity index (χ4n) is 1.86. The molecule has 3 N–H and O–H groups in total. The Kier molecular flexibility index (Phi) is 2.49. The number of fused-ring (bicyclic) bond motifs is 3. The van der Waals surface area contributed by atoms with Crippen LogP contribution in [0.15, 0.2) is 32.5 Å². The van der Waals surface area contributed by atoms with Gasteiger partial charge in [0.2, 0.25) is 5.55 Å². The van der Waals surface area contributed by atoms with Crippen molar-refractivity contribution < 1.29 is 9.21 Å². The van der Waals surface area contributed by atoms with Crippen molar-refractivity contribution in [1.82, 2.24) is 0 Å². The van der Waals surface area contributed by atoms with E-state index in [0.717, 1.165) is 19.3 Å². The molecule has 0 aliphatic rings. The van der Waals surface area contributed by atoms with Crippen molar-refractivity contribution in [3.05, 3.63) is 39.2 Å². The summed E-state index contributed by atoms with van der Waals surface area (Å²) in [6.45, 7) is 0. The first-order valence-corrected chi connectivity index (χ1v) is 6.67. The fraction of sp³-hybridized carbons (Fsp3) is 0. The standard InChI is InChI=1S/C12H7BrN2O2S/c13-9-4-6-8(18-9)2-1-5-3-7(11(14)16)12(15)17-10(5)6/h1-4,15H,(H2,14,16). The molecule has 0 unspecified atom stereocenters. The number of amides is 1. The van der Waals surface area contributed by atoms with Gasteiger partial charge in [-0.3, -0.25) is 10.2 Å². The van der Waals surface area contributed by atoms with Gasteiger partial charge in [-0.1, -0.05) is 0 Å². The Hall–Kier alpha value is -1.66. The van der Waals surface area contributed by atoms with Crippen LogP contribution in [0.5, 0.6) is 0 Å². The number of primary amides is 1. The van der Waals surface area contributed by atoms with Crippen molar-refractivity contribution >= 4 is 54.2 Å². The third-order valence-electron chi connectivity index (χ3n) is 2.67. The van der Waals surface area contributed by atoms with Crippen LogP contribution < -0.4 is 11.3 Å². The van der Waals surface area contributed by atoms with Crippen LogP contribution in [0.4, 0.5) is 0 Å². The fourth-order valence-corrected chi connectivity index (χ4v) is 3.40. The van der Waals surface area contributed by atoms with Gasteiger partial charge in [-0.25, -0.2) is 0 Å². The van der Waals surface area contributed by atoms with E-state index in [-0.39, 0.29) is 11.1 Å². The normalized spacial score (nSPS) is 11.2. The molecule has 0 fully saturated rings. The summed E-state index contributed by atoms with van der Waals surface area (Å²) in [6, 6.07) is 7.34. The highest BCUT2D eigenvalue weighted by molar-refractivity contribution is 9.11. The maximum absolute atomic E-state index is 11.2.